The van der Waals surface area contributed by atoms with Crippen molar-refractivity contribution in [1.82, 2.24) is 9.80 Å². The number of rotatable bonds is 7. The minimum absolute atomic E-state index is 0.0302. The van der Waals surface area contributed by atoms with Gasteiger partial charge < -0.3 is 30.1 Å². The van der Waals surface area contributed by atoms with Crippen LogP contribution in [0.25, 0.3) is 5.76 Å². The normalized spacial score (nSPS) is 20.6. The molecule has 3 N–H and O–H groups in total. The van der Waals surface area contributed by atoms with Crippen LogP contribution in [0.4, 0.5) is 0 Å². The molecule has 2 atom stereocenters. The van der Waals surface area contributed by atoms with Crippen LogP contribution in [0.5, 0.6) is 5.75 Å². The van der Waals surface area contributed by atoms with E-state index in [1.165, 1.54) is 4.90 Å². The van der Waals surface area contributed by atoms with E-state index in [-0.39, 0.29) is 37.4 Å². The van der Waals surface area contributed by atoms with E-state index >= 15 is 0 Å². The first kappa shape index (κ1) is 23.3. The van der Waals surface area contributed by atoms with E-state index in [9.17, 15) is 19.5 Å². The van der Waals surface area contributed by atoms with Crippen molar-refractivity contribution in [2.75, 3.05) is 27.0 Å². The Balaban J connectivity index is 1.67. The number of nitrogens with two attached hydrogens (primary N) is 1. The van der Waals surface area contributed by atoms with Gasteiger partial charge in [-0.3, -0.25) is 14.4 Å². The van der Waals surface area contributed by atoms with Crippen molar-refractivity contribution in [1.29, 1.82) is 0 Å². The molecule has 4 rings (SSSR count). The average molecular weight is 466 g/mol. The van der Waals surface area contributed by atoms with E-state index < -0.39 is 17.5 Å². The Morgan fingerprint density at radius 2 is 1.91 bits per heavy atom. The Morgan fingerprint density at radius 3 is 2.56 bits per heavy atom. The predicted molar refractivity (Wildman–Crippen MR) is 123 cm³/mol. The molecule has 2 amide bonds. The van der Waals surface area contributed by atoms with Crippen molar-refractivity contribution in [3.8, 4) is 5.75 Å². The number of carbonyl (C=O) groups is 3. The number of ether oxygens (including phenoxy) is 2. The molecule has 0 aromatic heterocycles. The van der Waals surface area contributed by atoms with Crippen molar-refractivity contribution < 1.29 is 29.0 Å². The first-order chi connectivity index (χ1) is 16.2. The summed E-state index contributed by atoms with van der Waals surface area (Å²) < 4.78 is 11.2. The third-order valence-electron chi connectivity index (χ3n) is 6.45. The molecule has 9 nitrogen and oxygen atoms in total. The number of hydrogen-bond donors (Lipinski definition) is 2. The second-order valence-corrected chi connectivity index (χ2v) is 8.66. The van der Waals surface area contributed by atoms with Gasteiger partial charge in [0.15, 0.2) is 12.5 Å². The maximum atomic E-state index is 13.7. The number of phenolic OH excluding ortho intramolecular Hbond substituents is 1. The quantitative estimate of drug-likeness (QED) is 0.635. The number of aromatic hydroxyl groups is 1. The fourth-order valence-corrected chi connectivity index (χ4v) is 4.14. The highest BCUT2D eigenvalue weighted by atomic mass is 16.5. The highest BCUT2D eigenvalue weighted by Crippen LogP contribution is 2.30. The molecular formula is C25H27N3O6. The predicted octanol–water partition coefficient (Wildman–Crippen LogP) is 1.51. The molecule has 1 fully saturated rings. The van der Waals surface area contributed by atoms with Gasteiger partial charge in [0.25, 0.3) is 0 Å². The third-order valence-corrected chi connectivity index (χ3v) is 6.45. The number of benzene rings is 2. The van der Waals surface area contributed by atoms with Crippen LogP contribution in [0.3, 0.4) is 0 Å². The Bertz CT molecular complexity index is 1150. The second kappa shape index (κ2) is 9.18. The van der Waals surface area contributed by atoms with Gasteiger partial charge in [0.2, 0.25) is 11.8 Å². The number of primary amides is 1. The molecule has 0 spiro atoms. The lowest BCUT2D eigenvalue weighted by Gasteiger charge is -2.37. The van der Waals surface area contributed by atoms with Crippen molar-refractivity contribution >= 4 is 23.4 Å². The maximum Gasteiger partial charge on any atom is 0.249 e. The van der Waals surface area contributed by atoms with E-state index in [0.29, 0.717) is 23.3 Å². The van der Waals surface area contributed by atoms with E-state index in [1.54, 1.807) is 73.6 Å². The topological polar surface area (TPSA) is 122 Å². The van der Waals surface area contributed by atoms with E-state index in [0.717, 1.165) is 5.56 Å². The van der Waals surface area contributed by atoms with Gasteiger partial charge in [-0.15, -0.1) is 0 Å². The monoisotopic (exact) mass is 465 g/mol. The van der Waals surface area contributed by atoms with E-state index in [4.69, 9.17) is 15.2 Å². The zero-order valence-corrected chi connectivity index (χ0v) is 19.1. The molecule has 9 heteroatoms. The number of hydrogen-bond acceptors (Lipinski definition) is 7. The van der Waals surface area contributed by atoms with Gasteiger partial charge in [-0.1, -0.05) is 30.3 Å². The molecule has 0 radical (unpaired) electrons. The van der Waals surface area contributed by atoms with Crippen LogP contribution in [-0.2, 0) is 25.5 Å². The van der Waals surface area contributed by atoms with E-state index in [1.807, 2.05) is 0 Å². The maximum absolute atomic E-state index is 13.7. The highest BCUT2D eigenvalue weighted by Gasteiger charge is 2.46. The van der Waals surface area contributed by atoms with E-state index in [2.05, 4.69) is 0 Å². The van der Waals surface area contributed by atoms with Gasteiger partial charge in [0.1, 0.15) is 29.7 Å². The summed E-state index contributed by atoms with van der Waals surface area (Å²) in [5.41, 5.74) is 6.13. The largest absolute Gasteiger partial charge is 0.508 e. The minimum atomic E-state index is -1.06. The van der Waals surface area contributed by atoms with Gasteiger partial charge >= 0.3 is 0 Å². The van der Waals surface area contributed by atoms with Crippen LogP contribution in [0.2, 0.25) is 0 Å². The van der Waals surface area contributed by atoms with Crippen molar-refractivity contribution in [2.24, 2.45) is 5.73 Å². The summed E-state index contributed by atoms with van der Waals surface area (Å²) >= 11 is 0. The molecule has 0 saturated carbocycles. The van der Waals surface area contributed by atoms with Crippen LogP contribution >= 0.6 is 0 Å². The summed E-state index contributed by atoms with van der Waals surface area (Å²) in [6.07, 6.45) is 1.99. The van der Waals surface area contributed by atoms with Gasteiger partial charge in [-0.25, -0.2) is 0 Å². The standard InChI is InChI=1S/C25H27N3O6/c1-25(14-33-13-22(25)30)27(2)24(32)20(11-16-7-9-17(29)10-8-16)28-12-21(34-15-28)18-5-3-4-6-19(18)23(26)31/h3-10,12,20,29H,11,13-15H2,1-2H3,(H2,26,31). The van der Waals surface area contributed by atoms with Crippen LogP contribution in [0.15, 0.2) is 54.7 Å². The molecule has 2 aliphatic rings. The smallest absolute Gasteiger partial charge is 0.249 e. The Hall–Kier alpha value is -3.85. The van der Waals surface area contributed by atoms with Gasteiger partial charge in [0, 0.05) is 25.2 Å². The molecule has 0 bridgehead atoms. The van der Waals surface area contributed by atoms with Crippen molar-refractivity contribution in [2.45, 2.75) is 24.9 Å². The number of amides is 2. The van der Waals surface area contributed by atoms with Crippen molar-refractivity contribution in [3.05, 3.63) is 71.4 Å². The lowest BCUT2D eigenvalue weighted by molar-refractivity contribution is -0.145. The average Bonchev–Trinajstić information content (AvgIpc) is 3.45. The summed E-state index contributed by atoms with van der Waals surface area (Å²) in [5.74, 6) is -0.468. The van der Waals surface area contributed by atoms with Gasteiger partial charge in [-0.05, 0) is 30.7 Å². The fourth-order valence-electron chi connectivity index (χ4n) is 4.14. The number of nitrogens with zero attached hydrogens (tertiary/aromatic N) is 2. The Kier molecular flexibility index (Phi) is 6.30. The van der Waals surface area contributed by atoms with Gasteiger partial charge in [0.05, 0.1) is 12.2 Å². The molecule has 0 aliphatic carbocycles. The Morgan fingerprint density at radius 1 is 1.21 bits per heavy atom. The number of likely N-dealkylation sites (N-methyl/N-ethyl adjacent to an activating group) is 1. The second-order valence-electron chi connectivity index (χ2n) is 8.66. The molecule has 2 heterocycles. The summed E-state index contributed by atoms with van der Waals surface area (Å²) in [6, 6.07) is 12.7. The summed E-state index contributed by atoms with van der Waals surface area (Å²) in [5, 5.41) is 9.63. The number of Topliss-reactive ketones (excluding diaryl/α,β-unsaturated/α-hetero) is 1. The molecule has 2 aliphatic heterocycles. The summed E-state index contributed by atoms with van der Waals surface area (Å²) in [7, 11) is 1.60. The molecule has 2 aromatic carbocycles. The first-order valence-electron chi connectivity index (χ1n) is 10.9. The lowest BCUT2D eigenvalue weighted by atomic mass is 9.95. The van der Waals surface area contributed by atoms with Crippen LogP contribution in [0, 0.1) is 0 Å². The number of phenols is 1. The fraction of sp³-hybridized carbons (Fsp3) is 0.320. The molecule has 2 unspecified atom stereocenters. The zero-order chi connectivity index (χ0) is 24.5. The number of ketones is 1. The van der Waals surface area contributed by atoms with Crippen LogP contribution in [0.1, 0.15) is 28.4 Å². The molecule has 178 valence electrons. The molecule has 1 saturated heterocycles. The van der Waals surface area contributed by atoms with Crippen molar-refractivity contribution in [3.63, 3.8) is 0 Å². The first-order valence-corrected chi connectivity index (χ1v) is 10.9. The summed E-state index contributed by atoms with van der Waals surface area (Å²) in [6.45, 7) is 1.87. The number of carbonyl (C=O) groups excluding carboxylic acids is 3. The molecule has 34 heavy (non-hydrogen) atoms. The Labute approximate surface area is 197 Å². The molecule has 2 aromatic rings. The van der Waals surface area contributed by atoms with Crippen LogP contribution < -0.4 is 5.73 Å². The van der Waals surface area contributed by atoms with Gasteiger partial charge in [-0.2, -0.15) is 0 Å². The highest BCUT2D eigenvalue weighted by molar-refractivity contribution is 5.98. The minimum Gasteiger partial charge on any atom is -0.508 e. The lowest BCUT2D eigenvalue weighted by Crippen LogP contribution is -2.58. The molecular weight excluding hydrogens is 438 g/mol. The summed E-state index contributed by atoms with van der Waals surface area (Å²) in [4.78, 5) is 41.3. The SMILES string of the molecule is CN(C(=O)C(Cc1ccc(O)cc1)N1C=C(c2ccccc2C(N)=O)OC1)C1(C)COCC1=O. The third kappa shape index (κ3) is 4.34. The zero-order valence-electron chi connectivity index (χ0n) is 19.1. The van der Waals surface area contributed by atoms with Crippen LogP contribution in [-0.4, -0.2) is 71.1 Å².